The van der Waals surface area contributed by atoms with Crippen molar-refractivity contribution in [2.75, 3.05) is 13.2 Å². The topological polar surface area (TPSA) is 149 Å². The highest BCUT2D eigenvalue weighted by Crippen LogP contribution is 2.24. The Morgan fingerprint density at radius 1 is 0.390 bits per heavy atom. The molecule has 0 aromatic carbocycles. The molecule has 6 N–H and O–H groups in total. The van der Waals surface area contributed by atoms with E-state index >= 15 is 0 Å². The molecule has 7 unspecified atom stereocenters. The molecule has 77 heavy (non-hydrogen) atoms. The molecule has 1 amide bonds. The third-order valence-corrected chi connectivity index (χ3v) is 17.2. The van der Waals surface area contributed by atoms with Crippen LogP contribution in [0.15, 0.2) is 0 Å². The van der Waals surface area contributed by atoms with E-state index in [0.717, 1.165) is 38.5 Å². The lowest BCUT2D eigenvalue weighted by molar-refractivity contribution is -0.302. The van der Waals surface area contributed by atoms with E-state index in [4.69, 9.17) is 9.47 Å². The highest BCUT2D eigenvalue weighted by atomic mass is 16.7. The van der Waals surface area contributed by atoms with Crippen LogP contribution in [-0.2, 0) is 14.3 Å². The van der Waals surface area contributed by atoms with Crippen molar-refractivity contribution in [1.82, 2.24) is 5.32 Å². The van der Waals surface area contributed by atoms with Crippen molar-refractivity contribution in [3.8, 4) is 0 Å². The maximum absolute atomic E-state index is 13.1. The Balaban J connectivity index is 2.09. The molecule has 0 radical (unpaired) electrons. The Hall–Kier alpha value is -0.810. The fourth-order valence-electron chi connectivity index (χ4n) is 11.8. The largest absolute Gasteiger partial charge is 0.394 e. The number of aliphatic hydroxyl groups excluding tert-OH is 5. The van der Waals surface area contributed by atoms with E-state index in [9.17, 15) is 30.3 Å². The monoisotopic (exact) mass is 1090 g/mol. The third-order valence-electron chi connectivity index (χ3n) is 17.2. The predicted octanol–water partition coefficient (Wildman–Crippen LogP) is 18.5. The first-order valence-electron chi connectivity index (χ1n) is 34.7. The number of ether oxygens (including phenoxy) is 2. The highest BCUT2D eigenvalue weighted by Gasteiger charge is 2.44. The summed E-state index contributed by atoms with van der Waals surface area (Å²) in [5, 5.41) is 54.9. The van der Waals surface area contributed by atoms with Crippen molar-refractivity contribution < 1.29 is 39.8 Å². The summed E-state index contributed by atoms with van der Waals surface area (Å²) in [5.41, 5.74) is 0. The SMILES string of the molecule is CCCCCCCCCCCCCCCCCCCCCCCCCCCCCCCCCCC(O)C(COC1OC(CO)C(O)C(O)C1O)NC(=O)CCCCCCCCCCCCCCCCCCCCCCCC. The quantitative estimate of drug-likeness (QED) is 0.0330. The van der Waals surface area contributed by atoms with E-state index in [1.807, 2.05) is 0 Å². The van der Waals surface area contributed by atoms with Gasteiger partial charge >= 0.3 is 0 Å². The zero-order valence-corrected chi connectivity index (χ0v) is 51.5. The first kappa shape index (κ1) is 74.2. The van der Waals surface area contributed by atoms with Crippen molar-refractivity contribution in [2.45, 2.75) is 416 Å². The summed E-state index contributed by atoms with van der Waals surface area (Å²) >= 11 is 0. The lowest BCUT2D eigenvalue weighted by atomic mass is 9.99. The molecule has 0 saturated carbocycles. The summed E-state index contributed by atoms with van der Waals surface area (Å²) in [4.78, 5) is 13.1. The second kappa shape index (κ2) is 58.4. The number of nitrogens with one attached hydrogen (secondary N) is 1. The fourth-order valence-corrected chi connectivity index (χ4v) is 11.8. The summed E-state index contributed by atoms with van der Waals surface area (Å²) in [7, 11) is 0. The minimum Gasteiger partial charge on any atom is -0.394 e. The highest BCUT2D eigenvalue weighted by molar-refractivity contribution is 5.76. The average molecular weight is 1090 g/mol. The molecule has 1 aliphatic rings. The second-order valence-electron chi connectivity index (χ2n) is 24.7. The molecule has 460 valence electrons. The first-order chi connectivity index (χ1) is 37.8. The molecular weight excluding hydrogens is 959 g/mol. The molecule has 7 atom stereocenters. The van der Waals surface area contributed by atoms with E-state index in [0.29, 0.717) is 12.8 Å². The van der Waals surface area contributed by atoms with Crippen LogP contribution in [0.3, 0.4) is 0 Å². The maximum Gasteiger partial charge on any atom is 0.220 e. The molecule has 1 aliphatic heterocycles. The molecule has 9 heteroatoms. The number of carbonyl (C=O) groups excluding carboxylic acids is 1. The first-order valence-corrected chi connectivity index (χ1v) is 34.7. The smallest absolute Gasteiger partial charge is 0.220 e. The number of hydrogen-bond donors (Lipinski definition) is 6. The Labute approximate surface area is 478 Å². The maximum atomic E-state index is 13.1. The van der Waals surface area contributed by atoms with Gasteiger partial charge < -0.3 is 40.3 Å². The van der Waals surface area contributed by atoms with Gasteiger partial charge in [-0.1, -0.05) is 354 Å². The summed E-state index contributed by atoms with van der Waals surface area (Å²) in [5.74, 6) is -0.134. The van der Waals surface area contributed by atoms with Gasteiger partial charge in [-0.15, -0.1) is 0 Å². The van der Waals surface area contributed by atoms with Gasteiger partial charge in [0, 0.05) is 6.42 Å². The molecule has 0 aromatic rings. The van der Waals surface area contributed by atoms with Crippen LogP contribution in [0.5, 0.6) is 0 Å². The van der Waals surface area contributed by atoms with Crippen molar-refractivity contribution in [2.24, 2.45) is 0 Å². The van der Waals surface area contributed by atoms with E-state index in [2.05, 4.69) is 19.2 Å². The van der Waals surface area contributed by atoms with Gasteiger partial charge in [0.15, 0.2) is 6.29 Å². The number of carbonyl (C=O) groups is 1. The van der Waals surface area contributed by atoms with Crippen LogP contribution in [0.1, 0.15) is 373 Å². The summed E-state index contributed by atoms with van der Waals surface area (Å²) in [6.07, 6.45) is 66.0. The third kappa shape index (κ3) is 47.4. The normalized spacial score (nSPS) is 18.6. The predicted molar refractivity (Wildman–Crippen MR) is 328 cm³/mol. The molecule has 9 nitrogen and oxygen atoms in total. The fraction of sp³-hybridized carbons (Fsp3) is 0.985. The number of hydrogen-bond acceptors (Lipinski definition) is 8. The van der Waals surface area contributed by atoms with Gasteiger partial charge in [-0.3, -0.25) is 4.79 Å². The van der Waals surface area contributed by atoms with Crippen LogP contribution < -0.4 is 5.32 Å². The van der Waals surface area contributed by atoms with Gasteiger partial charge in [-0.05, 0) is 12.8 Å². The molecule has 1 heterocycles. The molecule has 0 aliphatic carbocycles. The zero-order chi connectivity index (χ0) is 55.8. The van der Waals surface area contributed by atoms with Crippen molar-refractivity contribution in [3.05, 3.63) is 0 Å². The van der Waals surface area contributed by atoms with Crippen molar-refractivity contribution in [1.29, 1.82) is 0 Å². The van der Waals surface area contributed by atoms with Gasteiger partial charge in [-0.2, -0.15) is 0 Å². The van der Waals surface area contributed by atoms with Crippen LogP contribution in [0.25, 0.3) is 0 Å². The van der Waals surface area contributed by atoms with E-state index in [1.165, 1.54) is 308 Å². The minimum atomic E-state index is -1.55. The molecule has 1 saturated heterocycles. The van der Waals surface area contributed by atoms with Gasteiger partial charge in [0.2, 0.25) is 5.91 Å². The second-order valence-corrected chi connectivity index (χ2v) is 24.7. The van der Waals surface area contributed by atoms with Crippen LogP contribution in [-0.4, -0.2) is 87.5 Å². The van der Waals surface area contributed by atoms with Gasteiger partial charge in [0.25, 0.3) is 0 Å². The van der Waals surface area contributed by atoms with E-state index in [-0.39, 0.29) is 12.5 Å². The van der Waals surface area contributed by atoms with Crippen molar-refractivity contribution >= 4 is 5.91 Å². The standard InChI is InChI=1S/C68H135NO8/c1-3-5-7-9-11-13-15-17-19-21-23-25-27-28-29-30-31-32-33-34-35-36-37-39-41-43-45-47-49-51-53-55-57-62(71)61(60-76-68-67(75)66(74)65(73)63(59-70)77-68)69-64(72)58-56-54-52-50-48-46-44-42-40-38-26-24-22-20-18-16-14-12-10-8-6-4-2/h61-63,65-68,70-71,73-75H,3-60H2,1-2H3,(H,69,72). The summed E-state index contributed by atoms with van der Waals surface area (Å²) in [6.45, 7) is 3.91. The van der Waals surface area contributed by atoms with Crippen LogP contribution in [0.2, 0.25) is 0 Å². The van der Waals surface area contributed by atoms with Gasteiger partial charge in [0.1, 0.15) is 24.4 Å². The van der Waals surface area contributed by atoms with Crippen LogP contribution >= 0.6 is 0 Å². The molecule has 0 bridgehead atoms. The van der Waals surface area contributed by atoms with E-state index < -0.39 is 49.5 Å². The zero-order valence-electron chi connectivity index (χ0n) is 51.5. The molecular formula is C68H135NO8. The number of rotatable bonds is 62. The molecule has 0 spiro atoms. The van der Waals surface area contributed by atoms with Gasteiger partial charge in [0.05, 0.1) is 25.4 Å². The van der Waals surface area contributed by atoms with Crippen LogP contribution in [0, 0.1) is 0 Å². The Kier molecular flexibility index (Phi) is 56.3. The number of aliphatic hydroxyl groups is 5. The average Bonchev–Trinajstić information content (AvgIpc) is 3.43. The molecule has 1 rings (SSSR count). The van der Waals surface area contributed by atoms with Crippen molar-refractivity contribution in [3.63, 3.8) is 0 Å². The lowest BCUT2D eigenvalue weighted by Crippen LogP contribution is -2.60. The summed E-state index contributed by atoms with van der Waals surface area (Å²) in [6, 6.07) is -0.715. The van der Waals surface area contributed by atoms with Gasteiger partial charge in [-0.25, -0.2) is 0 Å². The molecule has 1 fully saturated rings. The number of amides is 1. The number of unbranched alkanes of at least 4 members (excludes halogenated alkanes) is 52. The Morgan fingerprint density at radius 2 is 0.649 bits per heavy atom. The lowest BCUT2D eigenvalue weighted by Gasteiger charge is -2.40. The Morgan fingerprint density at radius 3 is 0.922 bits per heavy atom. The van der Waals surface area contributed by atoms with E-state index in [1.54, 1.807) is 0 Å². The minimum absolute atomic E-state index is 0.130. The Bertz CT molecular complexity index is 1180. The molecule has 0 aromatic heterocycles. The van der Waals surface area contributed by atoms with Crippen LogP contribution in [0.4, 0.5) is 0 Å². The summed E-state index contributed by atoms with van der Waals surface area (Å²) < 4.78 is 11.4.